The molecule has 106 valence electrons. The first-order chi connectivity index (χ1) is 9.51. The van der Waals surface area contributed by atoms with Gasteiger partial charge in [-0.3, -0.25) is 0 Å². The quantitative estimate of drug-likeness (QED) is 0.806. The maximum atomic E-state index is 13.4. The summed E-state index contributed by atoms with van der Waals surface area (Å²) in [6.07, 6.45) is -0.398. The number of benzene rings is 1. The number of nitrogens with zero attached hydrogens (tertiary/aromatic N) is 2. The molecule has 2 rings (SSSR count). The van der Waals surface area contributed by atoms with Crippen LogP contribution in [0.25, 0.3) is 0 Å². The molecule has 0 aliphatic carbocycles. The van der Waals surface area contributed by atoms with Crippen molar-refractivity contribution in [3.05, 3.63) is 46.9 Å². The molecule has 0 unspecified atom stereocenters. The third-order valence-electron chi connectivity index (χ3n) is 2.36. The van der Waals surface area contributed by atoms with E-state index in [1.54, 1.807) is 6.92 Å². The van der Waals surface area contributed by atoms with Gasteiger partial charge in [0.1, 0.15) is 17.5 Å². The molecule has 1 heterocycles. The van der Waals surface area contributed by atoms with Crippen molar-refractivity contribution >= 4 is 5.97 Å². The number of ether oxygens (including phenoxy) is 1. The van der Waals surface area contributed by atoms with Crippen LogP contribution in [0.1, 0.15) is 29.0 Å². The van der Waals surface area contributed by atoms with E-state index < -0.39 is 35.4 Å². The van der Waals surface area contributed by atoms with Crippen molar-refractivity contribution in [2.45, 2.75) is 13.3 Å². The molecule has 1 aromatic heterocycles. The van der Waals surface area contributed by atoms with Gasteiger partial charge in [-0.2, -0.15) is 4.98 Å². The number of carbonyl (C=O) groups is 1. The number of carbonyl (C=O) groups excluding carboxylic acids is 1. The van der Waals surface area contributed by atoms with Crippen LogP contribution in [0.5, 0.6) is 0 Å². The number of rotatable bonds is 4. The van der Waals surface area contributed by atoms with Gasteiger partial charge in [0.2, 0.25) is 5.89 Å². The van der Waals surface area contributed by atoms with Crippen LogP contribution in [0.4, 0.5) is 13.2 Å². The van der Waals surface area contributed by atoms with Gasteiger partial charge in [-0.1, -0.05) is 0 Å². The zero-order valence-corrected chi connectivity index (χ0v) is 10.3. The molecule has 5 nitrogen and oxygen atoms in total. The molecule has 0 radical (unpaired) electrons. The second kappa shape index (κ2) is 5.72. The summed E-state index contributed by atoms with van der Waals surface area (Å²) in [6.45, 7) is 1.73. The van der Waals surface area contributed by atoms with Gasteiger partial charge in [-0.05, 0) is 12.1 Å². The number of esters is 1. The zero-order chi connectivity index (χ0) is 14.7. The Morgan fingerprint density at radius 3 is 2.55 bits per heavy atom. The Kier molecular flexibility index (Phi) is 4.02. The fourth-order valence-electron chi connectivity index (χ4n) is 1.50. The smallest absolute Gasteiger partial charge is 0.379 e. The van der Waals surface area contributed by atoms with Crippen LogP contribution in [0.2, 0.25) is 0 Å². The molecule has 1 aromatic carbocycles. The Bertz CT molecular complexity index is 620. The van der Waals surface area contributed by atoms with Gasteiger partial charge in [-0.15, -0.1) is 0 Å². The van der Waals surface area contributed by atoms with Gasteiger partial charge < -0.3 is 9.26 Å². The van der Waals surface area contributed by atoms with Crippen molar-refractivity contribution in [2.24, 2.45) is 0 Å². The molecule has 0 bridgehead atoms. The SMILES string of the molecule is CCOC(=O)c1noc(Cc2c(F)cc(F)cc2F)n1. The van der Waals surface area contributed by atoms with Crippen LogP contribution in [0.3, 0.4) is 0 Å². The second-order valence-electron chi connectivity index (χ2n) is 3.76. The monoisotopic (exact) mass is 286 g/mol. The highest BCUT2D eigenvalue weighted by Gasteiger charge is 2.19. The minimum absolute atomic E-state index is 0.129. The lowest BCUT2D eigenvalue weighted by Gasteiger charge is -2.01. The summed E-state index contributed by atoms with van der Waals surface area (Å²) in [5.41, 5.74) is -0.426. The predicted octanol–water partition coefficient (Wildman–Crippen LogP) is 2.25. The number of hydrogen-bond donors (Lipinski definition) is 0. The number of aromatic nitrogens is 2. The van der Waals surface area contributed by atoms with E-state index in [-0.39, 0.29) is 18.3 Å². The van der Waals surface area contributed by atoms with Crippen molar-refractivity contribution < 1.29 is 27.2 Å². The first-order valence-electron chi connectivity index (χ1n) is 5.64. The van der Waals surface area contributed by atoms with E-state index in [0.717, 1.165) is 0 Å². The normalized spacial score (nSPS) is 10.6. The number of hydrogen-bond acceptors (Lipinski definition) is 5. The summed E-state index contributed by atoms with van der Waals surface area (Å²) in [5, 5.41) is 3.33. The minimum Gasteiger partial charge on any atom is -0.460 e. The molecule has 0 saturated carbocycles. The average Bonchev–Trinajstić information content (AvgIpc) is 2.82. The zero-order valence-electron chi connectivity index (χ0n) is 10.3. The molecule has 0 fully saturated rings. The molecule has 8 heteroatoms. The lowest BCUT2D eigenvalue weighted by Crippen LogP contribution is -2.07. The molecule has 20 heavy (non-hydrogen) atoms. The van der Waals surface area contributed by atoms with Gasteiger partial charge in [-0.25, -0.2) is 18.0 Å². The molecule has 0 spiro atoms. The Hall–Kier alpha value is -2.38. The van der Waals surface area contributed by atoms with Crippen molar-refractivity contribution in [3.8, 4) is 0 Å². The van der Waals surface area contributed by atoms with Gasteiger partial charge >= 0.3 is 5.97 Å². The third kappa shape index (κ3) is 2.95. The molecule has 0 atom stereocenters. The van der Waals surface area contributed by atoms with Crippen LogP contribution >= 0.6 is 0 Å². The number of halogens is 3. The highest BCUT2D eigenvalue weighted by atomic mass is 19.1. The largest absolute Gasteiger partial charge is 0.460 e. The highest BCUT2D eigenvalue weighted by Crippen LogP contribution is 2.18. The van der Waals surface area contributed by atoms with Crippen molar-refractivity contribution in [1.82, 2.24) is 10.1 Å². The molecule has 0 N–H and O–H groups in total. The topological polar surface area (TPSA) is 65.2 Å². The summed E-state index contributed by atoms with van der Waals surface area (Å²) in [5.74, 6) is -4.50. The van der Waals surface area contributed by atoms with Crippen molar-refractivity contribution in [3.63, 3.8) is 0 Å². The molecule has 0 aliphatic rings. The van der Waals surface area contributed by atoms with Crippen LogP contribution in [-0.4, -0.2) is 22.7 Å². The molecule has 0 saturated heterocycles. The van der Waals surface area contributed by atoms with E-state index in [0.29, 0.717) is 12.1 Å². The maximum Gasteiger partial charge on any atom is 0.379 e. The molecule has 0 aliphatic heterocycles. The standard InChI is InChI=1S/C12H9F3N2O3/c1-2-19-12(18)11-16-10(20-17-11)5-7-8(14)3-6(13)4-9(7)15/h3-4H,2,5H2,1H3. The lowest BCUT2D eigenvalue weighted by molar-refractivity contribution is 0.0508. The van der Waals surface area contributed by atoms with E-state index in [2.05, 4.69) is 19.4 Å². The summed E-state index contributed by atoms with van der Waals surface area (Å²) in [4.78, 5) is 14.9. The second-order valence-corrected chi connectivity index (χ2v) is 3.76. The van der Waals surface area contributed by atoms with E-state index in [9.17, 15) is 18.0 Å². The van der Waals surface area contributed by atoms with Gasteiger partial charge in [0.05, 0.1) is 13.0 Å². The Labute approximate surface area is 111 Å². The maximum absolute atomic E-state index is 13.4. The first kappa shape index (κ1) is 14.0. The van der Waals surface area contributed by atoms with E-state index in [4.69, 9.17) is 0 Å². The Morgan fingerprint density at radius 1 is 1.30 bits per heavy atom. The van der Waals surface area contributed by atoms with Crippen LogP contribution in [-0.2, 0) is 11.2 Å². The summed E-state index contributed by atoms with van der Waals surface area (Å²) >= 11 is 0. The first-order valence-corrected chi connectivity index (χ1v) is 5.64. The Balaban J connectivity index is 2.21. The molecular formula is C12H9F3N2O3. The molecule has 0 amide bonds. The van der Waals surface area contributed by atoms with E-state index in [1.807, 2.05) is 0 Å². The van der Waals surface area contributed by atoms with Gasteiger partial charge in [0.15, 0.2) is 0 Å². The van der Waals surface area contributed by atoms with Crippen molar-refractivity contribution in [2.75, 3.05) is 6.61 Å². The summed E-state index contributed by atoms with van der Waals surface area (Å²) < 4.78 is 48.9. The highest BCUT2D eigenvalue weighted by molar-refractivity contribution is 5.84. The fourth-order valence-corrected chi connectivity index (χ4v) is 1.50. The van der Waals surface area contributed by atoms with Gasteiger partial charge in [0.25, 0.3) is 5.82 Å². The van der Waals surface area contributed by atoms with E-state index >= 15 is 0 Å². The van der Waals surface area contributed by atoms with E-state index in [1.165, 1.54) is 0 Å². The summed E-state index contributed by atoms with van der Waals surface area (Å²) in [6, 6.07) is 1.09. The minimum atomic E-state index is -1.07. The predicted molar refractivity (Wildman–Crippen MR) is 59.4 cm³/mol. The van der Waals surface area contributed by atoms with Crippen LogP contribution < -0.4 is 0 Å². The van der Waals surface area contributed by atoms with Crippen LogP contribution in [0, 0.1) is 17.5 Å². The fraction of sp³-hybridized carbons (Fsp3) is 0.250. The van der Waals surface area contributed by atoms with Gasteiger partial charge in [0, 0.05) is 17.7 Å². The lowest BCUT2D eigenvalue weighted by atomic mass is 10.1. The third-order valence-corrected chi connectivity index (χ3v) is 2.36. The van der Waals surface area contributed by atoms with Crippen LogP contribution in [0.15, 0.2) is 16.7 Å². The molecular weight excluding hydrogens is 277 g/mol. The average molecular weight is 286 g/mol. The summed E-state index contributed by atoms with van der Waals surface area (Å²) in [7, 11) is 0. The Morgan fingerprint density at radius 2 is 1.95 bits per heavy atom. The molecule has 2 aromatic rings. The van der Waals surface area contributed by atoms with Crippen molar-refractivity contribution in [1.29, 1.82) is 0 Å².